The molecule has 0 unspecified atom stereocenters. The zero-order valence-electron chi connectivity index (χ0n) is 13.4. The van der Waals surface area contributed by atoms with Crippen LogP contribution in [0.3, 0.4) is 0 Å². The van der Waals surface area contributed by atoms with Gasteiger partial charge in [-0.25, -0.2) is 8.42 Å². The van der Waals surface area contributed by atoms with Crippen molar-refractivity contribution in [2.45, 2.75) is 17.9 Å². The molecule has 24 heavy (non-hydrogen) atoms. The van der Waals surface area contributed by atoms with Crippen molar-refractivity contribution < 1.29 is 22.7 Å². The third kappa shape index (κ3) is 3.30. The second-order valence-electron chi connectivity index (χ2n) is 5.50. The quantitative estimate of drug-likeness (QED) is 0.793. The van der Waals surface area contributed by atoms with E-state index in [4.69, 9.17) is 9.47 Å². The SMILES string of the molecule is COc1cc2c(cc1S(=O)(=O)N1CCNC[C@@H]1C)OCC(=O)N2.Cl. The minimum Gasteiger partial charge on any atom is -0.495 e. The van der Waals surface area contributed by atoms with Gasteiger partial charge in [0.15, 0.2) is 6.61 Å². The molecule has 1 atom stereocenters. The molecule has 0 saturated carbocycles. The van der Waals surface area contributed by atoms with Gasteiger partial charge in [-0.1, -0.05) is 0 Å². The molecule has 0 bridgehead atoms. The van der Waals surface area contributed by atoms with E-state index in [0.717, 1.165) is 0 Å². The Morgan fingerprint density at radius 3 is 2.79 bits per heavy atom. The number of hydrogen-bond donors (Lipinski definition) is 2. The summed E-state index contributed by atoms with van der Waals surface area (Å²) in [7, 11) is -2.33. The Bertz CT molecular complexity index is 740. The number of carbonyl (C=O) groups excluding carboxylic acids is 1. The summed E-state index contributed by atoms with van der Waals surface area (Å²) in [5.41, 5.74) is 0.408. The normalized spacial score (nSPS) is 21.1. The monoisotopic (exact) mass is 377 g/mol. The predicted molar refractivity (Wildman–Crippen MR) is 90.6 cm³/mol. The summed E-state index contributed by atoms with van der Waals surface area (Å²) in [6, 6.07) is 2.74. The lowest BCUT2D eigenvalue weighted by atomic mass is 10.2. The molecule has 2 aliphatic heterocycles. The van der Waals surface area contributed by atoms with Gasteiger partial charge in [-0.2, -0.15) is 4.31 Å². The number of rotatable bonds is 3. The number of fused-ring (bicyclic) bond motifs is 1. The lowest BCUT2D eigenvalue weighted by Crippen LogP contribution is -2.52. The Morgan fingerprint density at radius 1 is 1.38 bits per heavy atom. The number of carbonyl (C=O) groups is 1. The Hall–Kier alpha value is -1.55. The number of methoxy groups -OCH3 is 1. The maximum absolute atomic E-state index is 13.0. The number of piperazine rings is 1. The molecule has 0 aliphatic carbocycles. The van der Waals surface area contributed by atoms with Crippen molar-refractivity contribution >= 4 is 34.0 Å². The number of sulfonamides is 1. The average molecular weight is 378 g/mol. The number of benzene rings is 1. The number of amides is 1. The van der Waals surface area contributed by atoms with Crippen molar-refractivity contribution in [3.63, 3.8) is 0 Å². The highest BCUT2D eigenvalue weighted by molar-refractivity contribution is 7.89. The second kappa shape index (κ2) is 7.14. The average Bonchev–Trinajstić information content (AvgIpc) is 2.53. The van der Waals surface area contributed by atoms with Crippen molar-refractivity contribution in [2.24, 2.45) is 0 Å². The third-order valence-electron chi connectivity index (χ3n) is 3.93. The Morgan fingerprint density at radius 2 is 2.12 bits per heavy atom. The molecule has 2 aliphatic rings. The van der Waals surface area contributed by atoms with Crippen molar-refractivity contribution in [3.05, 3.63) is 12.1 Å². The van der Waals surface area contributed by atoms with Crippen molar-refractivity contribution in [2.75, 3.05) is 38.7 Å². The Labute approximate surface area is 147 Å². The number of anilines is 1. The maximum Gasteiger partial charge on any atom is 0.262 e. The van der Waals surface area contributed by atoms with E-state index in [0.29, 0.717) is 31.1 Å². The van der Waals surface area contributed by atoms with E-state index in [-0.39, 0.29) is 41.6 Å². The first-order valence-electron chi connectivity index (χ1n) is 7.30. The topological polar surface area (TPSA) is 97.0 Å². The molecule has 3 rings (SSSR count). The van der Waals surface area contributed by atoms with E-state index in [1.165, 1.54) is 23.5 Å². The van der Waals surface area contributed by atoms with Crippen LogP contribution in [0, 0.1) is 0 Å². The first kappa shape index (κ1) is 18.8. The van der Waals surface area contributed by atoms with Gasteiger partial charge < -0.3 is 20.1 Å². The predicted octanol–water partition coefficient (Wildman–Crippen LogP) is 0.430. The molecule has 2 N–H and O–H groups in total. The number of ether oxygens (including phenoxy) is 2. The summed E-state index contributed by atoms with van der Waals surface area (Å²) in [6.45, 7) is 3.30. The summed E-state index contributed by atoms with van der Waals surface area (Å²) >= 11 is 0. The van der Waals surface area contributed by atoms with Gasteiger partial charge in [0.05, 0.1) is 12.8 Å². The van der Waals surface area contributed by atoms with Crippen LogP contribution < -0.4 is 20.1 Å². The highest BCUT2D eigenvalue weighted by atomic mass is 35.5. The molecule has 1 aromatic carbocycles. The highest BCUT2D eigenvalue weighted by Gasteiger charge is 2.34. The van der Waals surface area contributed by atoms with Gasteiger partial charge in [0.1, 0.15) is 16.4 Å². The van der Waals surface area contributed by atoms with E-state index in [1.807, 2.05) is 6.92 Å². The molecular weight excluding hydrogens is 358 g/mol. The molecule has 134 valence electrons. The van der Waals surface area contributed by atoms with Crippen LogP contribution in [0.1, 0.15) is 6.92 Å². The van der Waals surface area contributed by atoms with E-state index < -0.39 is 10.0 Å². The number of nitrogens with one attached hydrogen (secondary N) is 2. The summed E-state index contributed by atoms with van der Waals surface area (Å²) in [4.78, 5) is 11.4. The molecule has 1 aromatic rings. The zero-order valence-corrected chi connectivity index (χ0v) is 15.0. The van der Waals surface area contributed by atoms with Gasteiger partial charge in [0.2, 0.25) is 10.0 Å². The molecule has 1 amide bonds. The lowest BCUT2D eigenvalue weighted by molar-refractivity contribution is -0.118. The van der Waals surface area contributed by atoms with Gasteiger partial charge in [-0.15, -0.1) is 12.4 Å². The molecule has 0 radical (unpaired) electrons. The molecule has 1 fully saturated rings. The van der Waals surface area contributed by atoms with Crippen LogP contribution in [-0.4, -0.2) is 58.0 Å². The minimum atomic E-state index is -3.73. The first-order valence-corrected chi connectivity index (χ1v) is 8.74. The van der Waals surface area contributed by atoms with Crippen LogP contribution >= 0.6 is 12.4 Å². The standard InChI is InChI=1S/C14H19N3O5S.ClH/c1-9-7-15-3-4-17(9)23(19,20)13-6-11-10(5-12(13)21-2)16-14(18)8-22-11;/h5-6,9,15H,3-4,7-8H2,1-2H3,(H,16,18);1H/t9-;/m0./s1. The van der Waals surface area contributed by atoms with Crippen LogP contribution in [0.15, 0.2) is 17.0 Å². The smallest absolute Gasteiger partial charge is 0.262 e. The summed E-state index contributed by atoms with van der Waals surface area (Å²) in [5.74, 6) is 0.220. The number of hydrogen-bond acceptors (Lipinski definition) is 6. The van der Waals surface area contributed by atoms with E-state index in [1.54, 1.807) is 0 Å². The maximum atomic E-state index is 13.0. The van der Waals surface area contributed by atoms with Gasteiger partial charge >= 0.3 is 0 Å². The number of nitrogens with zero attached hydrogens (tertiary/aromatic N) is 1. The molecule has 8 nitrogen and oxygen atoms in total. The Kier molecular flexibility index (Phi) is 5.59. The fraction of sp³-hybridized carbons (Fsp3) is 0.500. The first-order chi connectivity index (χ1) is 10.9. The van der Waals surface area contributed by atoms with Crippen LogP contribution in [0.4, 0.5) is 5.69 Å². The molecule has 2 heterocycles. The van der Waals surface area contributed by atoms with Gasteiger partial charge in [-0.05, 0) is 6.92 Å². The largest absolute Gasteiger partial charge is 0.495 e. The molecular formula is C14H20ClN3O5S. The lowest BCUT2D eigenvalue weighted by Gasteiger charge is -2.33. The summed E-state index contributed by atoms with van der Waals surface area (Å²) in [5, 5.41) is 5.80. The number of halogens is 1. The Balaban J connectivity index is 0.00000208. The van der Waals surface area contributed by atoms with E-state index in [2.05, 4.69) is 10.6 Å². The van der Waals surface area contributed by atoms with Gasteiger partial charge in [-0.3, -0.25) is 4.79 Å². The fourth-order valence-corrected chi connectivity index (χ4v) is 4.54. The minimum absolute atomic E-state index is 0. The summed E-state index contributed by atoms with van der Waals surface area (Å²) in [6.07, 6.45) is 0. The summed E-state index contributed by atoms with van der Waals surface area (Å²) < 4.78 is 38.0. The second-order valence-corrected chi connectivity index (χ2v) is 7.36. The van der Waals surface area contributed by atoms with Crippen LogP contribution in [0.2, 0.25) is 0 Å². The molecule has 0 spiro atoms. The zero-order chi connectivity index (χ0) is 16.6. The molecule has 10 heteroatoms. The van der Waals surface area contributed by atoms with Crippen molar-refractivity contribution in [1.29, 1.82) is 0 Å². The molecule has 0 aromatic heterocycles. The fourth-order valence-electron chi connectivity index (χ4n) is 2.75. The third-order valence-corrected chi connectivity index (χ3v) is 5.96. The van der Waals surface area contributed by atoms with Gasteiger partial charge in [0, 0.05) is 37.8 Å². The molecule has 1 saturated heterocycles. The van der Waals surface area contributed by atoms with E-state index >= 15 is 0 Å². The van der Waals surface area contributed by atoms with Crippen LogP contribution in [0.5, 0.6) is 11.5 Å². The van der Waals surface area contributed by atoms with E-state index in [9.17, 15) is 13.2 Å². The van der Waals surface area contributed by atoms with Crippen molar-refractivity contribution in [1.82, 2.24) is 9.62 Å². The van der Waals surface area contributed by atoms with Crippen LogP contribution in [0.25, 0.3) is 0 Å². The van der Waals surface area contributed by atoms with Gasteiger partial charge in [0.25, 0.3) is 5.91 Å². The van der Waals surface area contributed by atoms with Crippen molar-refractivity contribution in [3.8, 4) is 11.5 Å². The van der Waals surface area contributed by atoms with Crippen LogP contribution in [-0.2, 0) is 14.8 Å². The highest BCUT2D eigenvalue weighted by Crippen LogP contribution is 2.38.